The summed E-state index contributed by atoms with van der Waals surface area (Å²) in [4.78, 5) is 10.5. The lowest BCUT2D eigenvalue weighted by molar-refractivity contribution is -0.110. The van der Waals surface area contributed by atoms with Crippen LogP contribution in [0.5, 0.6) is 5.75 Å². The van der Waals surface area contributed by atoms with Crippen LogP contribution in [0.1, 0.15) is 6.92 Å². The lowest BCUT2D eigenvalue weighted by Gasteiger charge is -2.05. The maximum Gasteiger partial charge on any atom is 0.179 e. The van der Waals surface area contributed by atoms with Gasteiger partial charge in [-0.15, -0.1) is 0 Å². The number of hydrogen-bond donors (Lipinski definition) is 1. The standard InChI is InChI=1S/C10H12O4S/c1-8(6-11)7-15(13,14)10-4-2-9(12)3-5-10/h2-6,8,12H,7H2,1H3. The molecule has 0 aliphatic rings. The smallest absolute Gasteiger partial charge is 0.179 e. The minimum Gasteiger partial charge on any atom is -0.508 e. The number of carbonyl (C=O) groups excluding carboxylic acids is 1. The molecule has 0 bridgehead atoms. The molecule has 15 heavy (non-hydrogen) atoms. The number of sulfone groups is 1. The second kappa shape index (κ2) is 4.44. The molecule has 0 amide bonds. The molecule has 0 aliphatic carbocycles. The van der Waals surface area contributed by atoms with Crippen LogP contribution in [0, 0.1) is 5.92 Å². The van der Waals surface area contributed by atoms with Gasteiger partial charge in [0.05, 0.1) is 10.6 Å². The van der Waals surface area contributed by atoms with Crippen molar-refractivity contribution in [2.45, 2.75) is 11.8 Å². The highest BCUT2D eigenvalue weighted by atomic mass is 32.2. The van der Waals surface area contributed by atoms with Crippen LogP contribution in [0.15, 0.2) is 29.2 Å². The van der Waals surface area contributed by atoms with E-state index >= 15 is 0 Å². The fraction of sp³-hybridized carbons (Fsp3) is 0.300. The number of rotatable bonds is 4. The Bertz CT molecular complexity index is 433. The van der Waals surface area contributed by atoms with Gasteiger partial charge in [-0.25, -0.2) is 8.42 Å². The summed E-state index contributed by atoms with van der Waals surface area (Å²) in [6.45, 7) is 1.55. The zero-order valence-corrected chi connectivity index (χ0v) is 9.07. The average molecular weight is 228 g/mol. The fourth-order valence-corrected chi connectivity index (χ4v) is 2.65. The van der Waals surface area contributed by atoms with E-state index in [-0.39, 0.29) is 16.4 Å². The van der Waals surface area contributed by atoms with Gasteiger partial charge in [0.2, 0.25) is 0 Å². The SMILES string of the molecule is CC(C=O)CS(=O)(=O)c1ccc(O)cc1. The Labute approximate surface area is 88.5 Å². The highest BCUT2D eigenvalue weighted by Crippen LogP contribution is 2.17. The van der Waals surface area contributed by atoms with Gasteiger partial charge in [-0.3, -0.25) is 0 Å². The first-order valence-electron chi connectivity index (χ1n) is 4.43. The minimum absolute atomic E-state index is 0.0115. The van der Waals surface area contributed by atoms with Gasteiger partial charge in [0.1, 0.15) is 12.0 Å². The van der Waals surface area contributed by atoms with Crippen LogP contribution in [-0.2, 0) is 14.6 Å². The Morgan fingerprint density at radius 2 is 1.87 bits per heavy atom. The van der Waals surface area contributed by atoms with Crippen molar-refractivity contribution in [2.24, 2.45) is 5.92 Å². The third-order valence-corrected chi connectivity index (χ3v) is 3.87. The fourth-order valence-electron chi connectivity index (χ4n) is 1.14. The van der Waals surface area contributed by atoms with Gasteiger partial charge in [0.15, 0.2) is 9.84 Å². The number of aldehydes is 1. The summed E-state index contributed by atoms with van der Waals surface area (Å²) in [6, 6.07) is 5.25. The molecule has 0 saturated heterocycles. The highest BCUT2D eigenvalue weighted by Gasteiger charge is 2.17. The van der Waals surface area contributed by atoms with Crippen LogP contribution in [0.4, 0.5) is 0 Å². The summed E-state index contributed by atoms with van der Waals surface area (Å²) >= 11 is 0. The molecule has 1 aromatic rings. The van der Waals surface area contributed by atoms with E-state index in [2.05, 4.69) is 0 Å². The van der Waals surface area contributed by atoms with Crippen molar-refractivity contribution in [3.63, 3.8) is 0 Å². The van der Waals surface area contributed by atoms with Gasteiger partial charge < -0.3 is 9.90 Å². The normalized spacial score (nSPS) is 13.4. The summed E-state index contributed by atoms with van der Waals surface area (Å²) in [5.41, 5.74) is 0. The molecule has 1 rings (SSSR count). The van der Waals surface area contributed by atoms with Crippen LogP contribution < -0.4 is 0 Å². The first-order chi connectivity index (χ1) is 6.95. The second-order valence-corrected chi connectivity index (χ2v) is 5.42. The van der Waals surface area contributed by atoms with Crippen LogP contribution in [-0.4, -0.2) is 25.6 Å². The molecular weight excluding hydrogens is 216 g/mol. The van der Waals surface area contributed by atoms with Gasteiger partial charge in [-0.2, -0.15) is 0 Å². The molecule has 1 unspecified atom stereocenters. The quantitative estimate of drug-likeness (QED) is 0.780. The molecule has 82 valence electrons. The van der Waals surface area contributed by atoms with Crippen LogP contribution >= 0.6 is 0 Å². The summed E-state index contributed by atoms with van der Waals surface area (Å²) in [7, 11) is -3.43. The van der Waals surface area contributed by atoms with Crippen LogP contribution in [0.25, 0.3) is 0 Å². The molecule has 1 aromatic carbocycles. The molecule has 0 radical (unpaired) electrons. The summed E-state index contributed by atoms with van der Waals surface area (Å²) in [5, 5.41) is 9.00. The lowest BCUT2D eigenvalue weighted by Crippen LogP contribution is -2.14. The number of phenolic OH excluding ortho intramolecular Hbond substituents is 1. The first-order valence-corrected chi connectivity index (χ1v) is 6.08. The Kier molecular flexibility index (Phi) is 3.47. The van der Waals surface area contributed by atoms with E-state index in [1.54, 1.807) is 6.92 Å². The number of benzene rings is 1. The second-order valence-electron chi connectivity index (χ2n) is 3.39. The molecule has 1 atom stereocenters. The van der Waals surface area contributed by atoms with Crippen molar-refractivity contribution in [3.05, 3.63) is 24.3 Å². The van der Waals surface area contributed by atoms with Crippen LogP contribution in [0.3, 0.4) is 0 Å². The summed E-state index contributed by atoms with van der Waals surface area (Å²) in [6.07, 6.45) is 0.609. The monoisotopic (exact) mass is 228 g/mol. The molecule has 0 aromatic heterocycles. The van der Waals surface area contributed by atoms with E-state index in [0.29, 0.717) is 6.29 Å². The van der Waals surface area contributed by atoms with E-state index in [4.69, 9.17) is 5.11 Å². The predicted octanol–water partition coefficient (Wildman–Crippen LogP) is 1.00. The van der Waals surface area contributed by atoms with E-state index in [0.717, 1.165) is 0 Å². The third kappa shape index (κ3) is 3.06. The molecule has 4 nitrogen and oxygen atoms in total. The van der Waals surface area contributed by atoms with Crippen molar-refractivity contribution >= 4 is 16.1 Å². The van der Waals surface area contributed by atoms with Crippen molar-refractivity contribution in [1.29, 1.82) is 0 Å². The molecule has 5 heteroatoms. The molecule has 1 N–H and O–H groups in total. The zero-order valence-electron chi connectivity index (χ0n) is 8.25. The van der Waals surface area contributed by atoms with E-state index in [1.807, 2.05) is 0 Å². The summed E-state index contributed by atoms with van der Waals surface area (Å²) in [5.74, 6) is -0.720. The Hall–Kier alpha value is -1.36. The Morgan fingerprint density at radius 1 is 1.33 bits per heavy atom. The van der Waals surface area contributed by atoms with Gasteiger partial charge in [-0.1, -0.05) is 6.92 Å². The van der Waals surface area contributed by atoms with Crippen molar-refractivity contribution in [2.75, 3.05) is 5.75 Å². The number of phenols is 1. The summed E-state index contributed by atoms with van der Waals surface area (Å²) < 4.78 is 23.3. The molecule has 0 heterocycles. The van der Waals surface area contributed by atoms with Crippen LogP contribution in [0.2, 0.25) is 0 Å². The van der Waals surface area contributed by atoms with Gasteiger partial charge in [0, 0.05) is 5.92 Å². The Balaban J connectivity index is 2.96. The van der Waals surface area contributed by atoms with E-state index in [9.17, 15) is 13.2 Å². The third-order valence-electron chi connectivity index (χ3n) is 1.91. The topological polar surface area (TPSA) is 71.4 Å². The maximum absolute atomic E-state index is 11.7. The number of carbonyl (C=O) groups is 1. The lowest BCUT2D eigenvalue weighted by atomic mass is 10.3. The minimum atomic E-state index is -3.43. The molecule has 0 aliphatic heterocycles. The van der Waals surface area contributed by atoms with Crippen molar-refractivity contribution < 1.29 is 18.3 Å². The zero-order chi connectivity index (χ0) is 11.5. The maximum atomic E-state index is 11.7. The van der Waals surface area contributed by atoms with E-state index < -0.39 is 15.8 Å². The molecular formula is C10H12O4S. The van der Waals surface area contributed by atoms with Gasteiger partial charge in [0.25, 0.3) is 0 Å². The molecule has 0 saturated carbocycles. The average Bonchev–Trinajstić information content (AvgIpc) is 2.17. The predicted molar refractivity (Wildman–Crippen MR) is 55.4 cm³/mol. The molecule has 0 fully saturated rings. The van der Waals surface area contributed by atoms with Gasteiger partial charge in [-0.05, 0) is 24.3 Å². The highest BCUT2D eigenvalue weighted by molar-refractivity contribution is 7.91. The van der Waals surface area contributed by atoms with E-state index in [1.165, 1.54) is 24.3 Å². The first kappa shape index (κ1) is 11.7. The van der Waals surface area contributed by atoms with Gasteiger partial charge >= 0.3 is 0 Å². The number of aromatic hydroxyl groups is 1. The Morgan fingerprint density at radius 3 is 2.33 bits per heavy atom. The number of hydrogen-bond acceptors (Lipinski definition) is 4. The largest absolute Gasteiger partial charge is 0.508 e. The van der Waals surface area contributed by atoms with Crippen molar-refractivity contribution in [1.82, 2.24) is 0 Å². The van der Waals surface area contributed by atoms with Crippen molar-refractivity contribution in [3.8, 4) is 5.75 Å². The molecule has 0 spiro atoms.